The summed E-state index contributed by atoms with van der Waals surface area (Å²) in [5, 5.41) is 4.55. The maximum atomic E-state index is 6.14. The fourth-order valence-corrected chi connectivity index (χ4v) is 2.28. The Balaban J connectivity index is 2.14. The molecule has 5 heteroatoms. The summed E-state index contributed by atoms with van der Waals surface area (Å²) in [7, 11) is 3.24. The Bertz CT molecular complexity index is 602. The first-order valence-corrected chi connectivity index (χ1v) is 6.79. The number of anilines is 1. The van der Waals surface area contributed by atoms with Crippen LogP contribution < -0.4 is 14.8 Å². The van der Waals surface area contributed by atoms with Crippen LogP contribution in [0.1, 0.15) is 5.56 Å². The molecule has 0 aromatic heterocycles. The van der Waals surface area contributed by atoms with E-state index in [0.29, 0.717) is 16.6 Å². The topological polar surface area (TPSA) is 30.5 Å². The Morgan fingerprint density at radius 2 is 1.80 bits per heavy atom. The molecule has 0 spiro atoms. The summed E-state index contributed by atoms with van der Waals surface area (Å²) in [5.41, 5.74) is 1.84. The highest BCUT2D eigenvalue weighted by atomic mass is 35.5. The average Bonchev–Trinajstić information content (AvgIpc) is 2.46. The predicted molar refractivity (Wildman–Crippen MR) is 83.3 cm³/mol. The van der Waals surface area contributed by atoms with Gasteiger partial charge in [-0.3, -0.25) is 0 Å². The maximum Gasteiger partial charge on any atom is 0.145 e. The summed E-state index contributed by atoms with van der Waals surface area (Å²) in [4.78, 5) is 0. The van der Waals surface area contributed by atoms with Crippen molar-refractivity contribution in [1.82, 2.24) is 0 Å². The van der Waals surface area contributed by atoms with Gasteiger partial charge in [-0.2, -0.15) is 0 Å². The first-order valence-electron chi connectivity index (χ1n) is 6.04. The van der Waals surface area contributed by atoms with E-state index >= 15 is 0 Å². The molecule has 0 saturated carbocycles. The van der Waals surface area contributed by atoms with Crippen molar-refractivity contribution >= 4 is 28.9 Å². The molecule has 0 aliphatic heterocycles. The zero-order valence-corrected chi connectivity index (χ0v) is 12.8. The van der Waals surface area contributed by atoms with E-state index in [0.717, 1.165) is 22.7 Å². The van der Waals surface area contributed by atoms with Crippen LogP contribution in [-0.2, 0) is 6.54 Å². The Labute approximate surface area is 128 Å². The van der Waals surface area contributed by atoms with E-state index in [1.54, 1.807) is 20.3 Å². The molecule has 0 saturated heterocycles. The lowest BCUT2D eigenvalue weighted by molar-refractivity contribution is 0.395. The number of rotatable bonds is 5. The Morgan fingerprint density at radius 1 is 1.00 bits per heavy atom. The second-order valence-electron chi connectivity index (χ2n) is 4.16. The fraction of sp³-hybridized carbons (Fsp3) is 0.200. The summed E-state index contributed by atoms with van der Waals surface area (Å²) in [6.45, 7) is 0.582. The normalized spacial score (nSPS) is 10.2. The SMILES string of the molecule is COc1ccc(NCc2ccc(Cl)cc2Cl)c(OC)c1. The molecule has 0 unspecified atom stereocenters. The summed E-state index contributed by atoms with van der Waals surface area (Å²) in [5.74, 6) is 1.46. The van der Waals surface area contributed by atoms with Gasteiger partial charge in [0.1, 0.15) is 11.5 Å². The number of benzene rings is 2. The van der Waals surface area contributed by atoms with Gasteiger partial charge >= 0.3 is 0 Å². The van der Waals surface area contributed by atoms with E-state index in [1.165, 1.54) is 0 Å². The molecule has 20 heavy (non-hydrogen) atoms. The van der Waals surface area contributed by atoms with Gasteiger partial charge in [0.15, 0.2) is 0 Å². The molecule has 2 aromatic carbocycles. The van der Waals surface area contributed by atoms with Crippen molar-refractivity contribution in [2.75, 3.05) is 19.5 Å². The minimum atomic E-state index is 0.582. The molecule has 0 fully saturated rings. The van der Waals surface area contributed by atoms with Crippen LogP contribution in [0.2, 0.25) is 10.0 Å². The monoisotopic (exact) mass is 311 g/mol. The quantitative estimate of drug-likeness (QED) is 0.873. The van der Waals surface area contributed by atoms with Crippen molar-refractivity contribution in [3.63, 3.8) is 0 Å². The zero-order valence-electron chi connectivity index (χ0n) is 11.2. The number of hydrogen-bond acceptors (Lipinski definition) is 3. The van der Waals surface area contributed by atoms with Crippen molar-refractivity contribution in [3.8, 4) is 11.5 Å². The largest absolute Gasteiger partial charge is 0.497 e. The van der Waals surface area contributed by atoms with Crippen LogP contribution in [0.5, 0.6) is 11.5 Å². The minimum Gasteiger partial charge on any atom is -0.497 e. The van der Waals surface area contributed by atoms with Gasteiger partial charge in [-0.25, -0.2) is 0 Å². The van der Waals surface area contributed by atoms with E-state index in [-0.39, 0.29) is 0 Å². The molecule has 0 radical (unpaired) electrons. The van der Waals surface area contributed by atoms with E-state index in [9.17, 15) is 0 Å². The molecular formula is C15H15Cl2NO2. The van der Waals surface area contributed by atoms with Gasteiger partial charge in [0, 0.05) is 22.7 Å². The molecule has 2 rings (SSSR count). The molecule has 0 aliphatic rings. The number of nitrogens with one attached hydrogen (secondary N) is 1. The molecule has 3 nitrogen and oxygen atoms in total. The molecule has 0 atom stereocenters. The summed E-state index contributed by atoms with van der Waals surface area (Å²) in [6.07, 6.45) is 0. The Morgan fingerprint density at radius 3 is 2.45 bits per heavy atom. The predicted octanol–water partition coefficient (Wildman–Crippen LogP) is 4.62. The van der Waals surface area contributed by atoms with Crippen LogP contribution in [0.3, 0.4) is 0 Å². The summed E-state index contributed by atoms with van der Waals surface area (Å²) in [6, 6.07) is 11.0. The second kappa shape index (κ2) is 6.73. The highest BCUT2D eigenvalue weighted by Gasteiger charge is 2.06. The van der Waals surface area contributed by atoms with Gasteiger partial charge in [0.05, 0.1) is 19.9 Å². The number of halogens is 2. The molecular weight excluding hydrogens is 297 g/mol. The van der Waals surface area contributed by atoms with Gasteiger partial charge in [-0.15, -0.1) is 0 Å². The molecule has 0 heterocycles. The lowest BCUT2D eigenvalue weighted by Crippen LogP contribution is -2.02. The van der Waals surface area contributed by atoms with Crippen molar-refractivity contribution in [1.29, 1.82) is 0 Å². The van der Waals surface area contributed by atoms with Gasteiger partial charge in [-0.05, 0) is 29.8 Å². The van der Waals surface area contributed by atoms with Gasteiger partial charge < -0.3 is 14.8 Å². The average molecular weight is 312 g/mol. The Hall–Kier alpha value is -1.58. The third-order valence-corrected chi connectivity index (χ3v) is 3.48. The minimum absolute atomic E-state index is 0.582. The van der Waals surface area contributed by atoms with Crippen molar-refractivity contribution in [2.45, 2.75) is 6.54 Å². The number of ether oxygens (including phenoxy) is 2. The molecule has 1 N–H and O–H groups in total. The highest BCUT2D eigenvalue weighted by Crippen LogP contribution is 2.30. The van der Waals surface area contributed by atoms with Crippen molar-refractivity contribution in [2.24, 2.45) is 0 Å². The molecule has 0 aliphatic carbocycles. The van der Waals surface area contributed by atoms with Crippen molar-refractivity contribution < 1.29 is 9.47 Å². The summed E-state index contributed by atoms with van der Waals surface area (Å²) < 4.78 is 10.5. The van der Waals surface area contributed by atoms with Crippen LogP contribution >= 0.6 is 23.2 Å². The third-order valence-electron chi connectivity index (χ3n) is 2.89. The standard InChI is InChI=1S/C15H15Cl2NO2/c1-19-12-5-6-14(15(8-12)20-2)18-9-10-3-4-11(16)7-13(10)17/h3-8,18H,9H2,1-2H3. The molecule has 106 valence electrons. The van der Waals surface area contributed by atoms with Crippen LogP contribution in [0.4, 0.5) is 5.69 Å². The zero-order chi connectivity index (χ0) is 14.5. The smallest absolute Gasteiger partial charge is 0.145 e. The van der Waals surface area contributed by atoms with Gasteiger partial charge in [0.25, 0.3) is 0 Å². The van der Waals surface area contributed by atoms with E-state index in [4.69, 9.17) is 32.7 Å². The van der Waals surface area contributed by atoms with Crippen LogP contribution in [0.15, 0.2) is 36.4 Å². The molecule has 0 amide bonds. The van der Waals surface area contributed by atoms with E-state index in [1.807, 2.05) is 30.3 Å². The Kier molecular flexibility index (Phi) is 4.99. The lowest BCUT2D eigenvalue weighted by atomic mass is 10.2. The van der Waals surface area contributed by atoms with E-state index < -0.39 is 0 Å². The lowest BCUT2D eigenvalue weighted by Gasteiger charge is -2.13. The number of hydrogen-bond donors (Lipinski definition) is 1. The van der Waals surface area contributed by atoms with Crippen LogP contribution in [-0.4, -0.2) is 14.2 Å². The van der Waals surface area contributed by atoms with Crippen LogP contribution in [0, 0.1) is 0 Å². The maximum absolute atomic E-state index is 6.14. The highest BCUT2D eigenvalue weighted by molar-refractivity contribution is 6.35. The van der Waals surface area contributed by atoms with Crippen LogP contribution in [0.25, 0.3) is 0 Å². The molecule has 2 aromatic rings. The fourth-order valence-electron chi connectivity index (χ4n) is 1.80. The van der Waals surface area contributed by atoms with Gasteiger partial charge in [0.2, 0.25) is 0 Å². The molecule has 0 bridgehead atoms. The first kappa shape index (κ1) is 14.8. The van der Waals surface area contributed by atoms with E-state index in [2.05, 4.69) is 5.32 Å². The van der Waals surface area contributed by atoms with Crippen molar-refractivity contribution in [3.05, 3.63) is 52.0 Å². The second-order valence-corrected chi connectivity index (χ2v) is 5.00. The first-order chi connectivity index (χ1) is 9.63. The summed E-state index contributed by atoms with van der Waals surface area (Å²) >= 11 is 12.0. The third kappa shape index (κ3) is 3.50. The number of methoxy groups -OCH3 is 2. The van der Waals surface area contributed by atoms with Gasteiger partial charge in [-0.1, -0.05) is 29.3 Å².